The summed E-state index contributed by atoms with van der Waals surface area (Å²) >= 11 is 1.20. The minimum atomic E-state index is -0.900. The topological polar surface area (TPSA) is 107 Å². The molecule has 4 rings (SSSR count). The van der Waals surface area contributed by atoms with Gasteiger partial charge in [0, 0.05) is 31.9 Å². The van der Waals surface area contributed by atoms with E-state index < -0.39 is 16.9 Å². The van der Waals surface area contributed by atoms with Gasteiger partial charge in [0.15, 0.2) is 4.80 Å². The minimum Gasteiger partial charge on any atom is -0.463 e. The fourth-order valence-electron chi connectivity index (χ4n) is 3.94. The number of ether oxygens (including phenoxy) is 1. The van der Waals surface area contributed by atoms with Crippen LogP contribution < -0.4 is 19.8 Å². The zero-order valence-electron chi connectivity index (χ0n) is 19.7. The van der Waals surface area contributed by atoms with E-state index in [0.29, 0.717) is 20.6 Å². The number of nitro benzene ring substituents is 1. The Hall–Kier alpha value is -4.05. The van der Waals surface area contributed by atoms with Gasteiger partial charge in [-0.05, 0) is 43.2 Å². The standard InChI is InChI=1S/C25H24N4O5S/c1-5-34-24(31)21-15(2)26-25-28(22(21)17-7-6-8-19(14-17)29(32)33)23(30)20(35-25)13-16-9-11-18(12-10-16)27(3)4/h6-14,22H,5H2,1-4H3/b20-13-/t22-/m0/s1. The van der Waals surface area contributed by atoms with Gasteiger partial charge >= 0.3 is 5.97 Å². The van der Waals surface area contributed by atoms with Crippen molar-refractivity contribution in [2.24, 2.45) is 4.99 Å². The van der Waals surface area contributed by atoms with Crippen molar-refractivity contribution in [3.8, 4) is 0 Å². The van der Waals surface area contributed by atoms with Gasteiger partial charge in [0.1, 0.15) is 0 Å². The van der Waals surface area contributed by atoms with Crippen molar-refractivity contribution in [3.63, 3.8) is 0 Å². The zero-order chi connectivity index (χ0) is 25.3. The highest BCUT2D eigenvalue weighted by molar-refractivity contribution is 7.07. The number of thiazole rings is 1. The molecule has 1 aliphatic rings. The highest BCUT2D eigenvalue weighted by Crippen LogP contribution is 2.32. The van der Waals surface area contributed by atoms with Crippen LogP contribution in [0.25, 0.3) is 6.08 Å². The maximum absolute atomic E-state index is 13.6. The molecule has 180 valence electrons. The summed E-state index contributed by atoms with van der Waals surface area (Å²) < 4.78 is 7.11. The van der Waals surface area contributed by atoms with E-state index in [1.54, 1.807) is 26.0 Å². The molecule has 10 heteroatoms. The first-order valence-electron chi connectivity index (χ1n) is 10.9. The number of non-ortho nitro benzene ring substituents is 1. The molecule has 35 heavy (non-hydrogen) atoms. The molecule has 0 radical (unpaired) electrons. The molecule has 9 nitrogen and oxygen atoms in total. The number of fused-ring (bicyclic) bond motifs is 1. The van der Waals surface area contributed by atoms with Crippen molar-refractivity contribution in [2.45, 2.75) is 19.9 Å². The van der Waals surface area contributed by atoms with Crippen LogP contribution in [0.3, 0.4) is 0 Å². The van der Waals surface area contributed by atoms with E-state index in [1.807, 2.05) is 43.3 Å². The van der Waals surface area contributed by atoms with Gasteiger partial charge in [0.25, 0.3) is 11.2 Å². The van der Waals surface area contributed by atoms with Crippen molar-refractivity contribution in [2.75, 3.05) is 25.6 Å². The number of rotatable bonds is 6. The highest BCUT2D eigenvalue weighted by Gasteiger charge is 2.34. The van der Waals surface area contributed by atoms with E-state index in [0.717, 1.165) is 11.3 Å². The lowest BCUT2D eigenvalue weighted by atomic mass is 9.95. The second kappa shape index (κ2) is 9.67. The Bertz CT molecular complexity index is 1520. The second-order valence-electron chi connectivity index (χ2n) is 8.14. The molecule has 1 aliphatic heterocycles. The predicted molar refractivity (Wildman–Crippen MR) is 134 cm³/mol. The number of benzene rings is 2. The number of hydrogen-bond donors (Lipinski definition) is 0. The van der Waals surface area contributed by atoms with Crippen molar-refractivity contribution >= 4 is 34.8 Å². The van der Waals surface area contributed by atoms with E-state index in [1.165, 1.54) is 34.1 Å². The third-order valence-electron chi connectivity index (χ3n) is 5.62. The Morgan fingerprint density at radius 1 is 1.26 bits per heavy atom. The molecule has 0 saturated heterocycles. The largest absolute Gasteiger partial charge is 0.463 e. The Kier molecular flexibility index (Phi) is 6.65. The van der Waals surface area contributed by atoms with Gasteiger partial charge in [-0.15, -0.1) is 0 Å². The van der Waals surface area contributed by atoms with Crippen molar-refractivity contribution in [3.05, 3.63) is 101 Å². The zero-order valence-corrected chi connectivity index (χ0v) is 20.5. The number of carbonyl (C=O) groups excluding carboxylic acids is 1. The lowest BCUT2D eigenvalue weighted by Gasteiger charge is -2.24. The number of esters is 1. The fraction of sp³-hybridized carbons (Fsp3) is 0.240. The maximum atomic E-state index is 13.6. The Labute approximate surface area is 205 Å². The number of nitrogens with zero attached hydrogens (tertiary/aromatic N) is 4. The number of hydrogen-bond acceptors (Lipinski definition) is 8. The quantitative estimate of drug-likeness (QED) is 0.298. The van der Waals surface area contributed by atoms with Crippen molar-refractivity contribution < 1.29 is 14.5 Å². The number of nitro groups is 1. The van der Waals surface area contributed by atoms with Crippen molar-refractivity contribution in [1.29, 1.82) is 0 Å². The summed E-state index contributed by atoms with van der Waals surface area (Å²) in [6, 6.07) is 12.8. The van der Waals surface area contributed by atoms with Gasteiger partial charge in [-0.2, -0.15) is 0 Å². The maximum Gasteiger partial charge on any atom is 0.338 e. The second-order valence-corrected chi connectivity index (χ2v) is 9.15. The smallest absolute Gasteiger partial charge is 0.338 e. The molecule has 0 saturated carbocycles. The average molecular weight is 493 g/mol. The van der Waals surface area contributed by atoms with Crippen LogP contribution in [0.5, 0.6) is 0 Å². The molecule has 0 amide bonds. The molecule has 0 fully saturated rings. The van der Waals surface area contributed by atoms with Gasteiger partial charge < -0.3 is 9.64 Å². The molecule has 3 aromatic rings. The lowest BCUT2D eigenvalue weighted by Crippen LogP contribution is -2.40. The van der Waals surface area contributed by atoms with Crippen molar-refractivity contribution in [1.82, 2.24) is 4.57 Å². The highest BCUT2D eigenvalue weighted by atomic mass is 32.1. The summed E-state index contributed by atoms with van der Waals surface area (Å²) in [4.78, 5) is 44.3. The van der Waals surface area contributed by atoms with Crippen LogP contribution in [0.1, 0.15) is 31.0 Å². The Balaban J connectivity index is 1.92. The molecule has 1 aromatic heterocycles. The molecular weight excluding hydrogens is 468 g/mol. The first-order valence-corrected chi connectivity index (χ1v) is 11.7. The number of anilines is 1. The normalized spacial score (nSPS) is 15.4. The van der Waals surface area contributed by atoms with Crippen LogP contribution in [0.2, 0.25) is 0 Å². The third kappa shape index (κ3) is 4.65. The van der Waals surface area contributed by atoms with E-state index in [4.69, 9.17) is 4.74 Å². The summed E-state index contributed by atoms with van der Waals surface area (Å²) in [6.45, 7) is 3.51. The van der Waals surface area contributed by atoms with Gasteiger partial charge in [-0.3, -0.25) is 19.5 Å². The number of aromatic nitrogens is 1. The summed E-state index contributed by atoms with van der Waals surface area (Å²) in [5.41, 5.74) is 2.42. The van der Waals surface area contributed by atoms with Crippen LogP contribution in [0.15, 0.2) is 69.6 Å². The molecule has 0 N–H and O–H groups in total. The third-order valence-corrected chi connectivity index (χ3v) is 6.60. The molecule has 0 spiro atoms. The number of allylic oxidation sites excluding steroid dienone is 1. The summed E-state index contributed by atoms with van der Waals surface area (Å²) in [7, 11) is 3.90. The van der Waals surface area contributed by atoms with E-state index in [-0.39, 0.29) is 23.4 Å². The predicted octanol–water partition coefficient (Wildman–Crippen LogP) is 2.77. The molecule has 2 aromatic carbocycles. The molecule has 1 atom stereocenters. The number of carbonyl (C=O) groups is 1. The first kappa shape index (κ1) is 24.1. The average Bonchev–Trinajstić information content (AvgIpc) is 3.13. The van der Waals surface area contributed by atoms with E-state index >= 15 is 0 Å². The molecule has 2 heterocycles. The van der Waals surface area contributed by atoms with Gasteiger partial charge in [-0.1, -0.05) is 35.6 Å². The lowest BCUT2D eigenvalue weighted by molar-refractivity contribution is -0.384. The molecule has 0 unspecified atom stereocenters. The molecule has 0 bridgehead atoms. The Morgan fingerprint density at radius 2 is 1.97 bits per heavy atom. The van der Waals surface area contributed by atoms with Crippen LogP contribution >= 0.6 is 11.3 Å². The van der Waals surface area contributed by atoms with Gasteiger partial charge in [0.05, 0.1) is 33.4 Å². The summed E-state index contributed by atoms with van der Waals surface area (Å²) in [6.07, 6.45) is 1.77. The van der Waals surface area contributed by atoms with Gasteiger partial charge in [0.2, 0.25) is 0 Å². The van der Waals surface area contributed by atoms with Gasteiger partial charge in [-0.25, -0.2) is 9.79 Å². The Morgan fingerprint density at radius 3 is 2.60 bits per heavy atom. The van der Waals surface area contributed by atoms with Crippen LogP contribution in [0, 0.1) is 10.1 Å². The first-order chi connectivity index (χ1) is 16.7. The van der Waals surface area contributed by atoms with E-state index in [9.17, 15) is 19.7 Å². The monoisotopic (exact) mass is 492 g/mol. The fourth-order valence-corrected chi connectivity index (χ4v) is 4.98. The van der Waals surface area contributed by atoms with E-state index in [2.05, 4.69) is 4.99 Å². The van der Waals surface area contributed by atoms with Crippen LogP contribution in [-0.4, -0.2) is 36.2 Å². The SMILES string of the molecule is CCOC(=O)C1=C(C)N=c2s/c(=C\c3ccc(N(C)C)cc3)c(=O)n2[C@H]1c1cccc([N+](=O)[O-])c1. The molecular formula is C25H24N4O5S. The minimum absolute atomic E-state index is 0.136. The van der Waals surface area contributed by atoms with Crippen LogP contribution in [-0.2, 0) is 9.53 Å². The van der Waals surface area contributed by atoms with Crippen LogP contribution in [0.4, 0.5) is 11.4 Å². The summed E-state index contributed by atoms with van der Waals surface area (Å²) in [5.74, 6) is -0.612. The summed E-state index contributed by atoms with van der Waals surface area (Å²) in [5, 5.41) is 11.4. The molecule has 0 aliphatic carbocycles.